The van der Waals surface area contributed by atoms with Gasteiger partial charge in [0.1, 0.15) is 11.6 Å². The van der Waals surface area contributed by atoms with E-state index in [4.69, 9.17) is 0 Å². The van der Waals surface area contributed by atoms with Crippen molar-refractivity contribution in [3.63, 3.8) is 0 Å². The van der Waals surface area contributed by atoms with E-state index >= 15 is 0 Å². The molecular weight excluding hydrogens is 302 g/mol. The molecule has 2 amide bonds. The van der Waals surface area contributed by atoms with Gasteiger partial charge in [-0.15, -0.1) is 0 Å². The quantitative estimate of drug-likeness (QED) is 0.788. The predicted molar refractivity (Wildman–Crippen MR) is 84.0 cm³/mol. The van der Waals surface area contributed by atoms with E-state index in [1.165, 1.54) is 0 Å². The minimum Gasteiger partial charge on any atom is -0.388 e. The minimum absolute atomic E-state index is 0.0239. The lowest BCUT2D eigenvalue weighted by molar-refractivity contribution is 0.155. The molecule has 0 aliphatic rings. The second-order valence-electron chi connectivity index (χ2n) is 5.32. The Labute approximate surface area is 133 Å². The number of aliphatic hydroxyl groups is 1. The van der Waals surface area contributed by atoms with Crippen molar-refractivity contribution < 1.29 is 18.7 Å². The average Bonchev–Trinajstić information content (AvgIpc) is 2.46. The summed E-state index contributed by atoms with van der Waals surface area (Å²) in [6.45, 7) is 1.73. The third kappa shape index (κ3) is 5.34. The molecule has 2 unspecified atom stereocenters. The van der Waals surface area contributed by atoms with Crippen molar-refractivity contribution in [1.82, 2.24) is 5.32 Å². The number of anilines is 1. The molecule has 0 saturated carbocycles. The lowest BCUT2D eigenvalue weighted by atomic mass is 10.0. The van der Waals surface area contributed by atoms with Gasteiger partial charge >= 0.3 is 6.03 Å². The lowest BCUT2D eigenvalue weighted by Gasteiger charge is -2.18. The third-order valence-electron chi connectivity index (χ3n) is 3.26. The molecule has 2 aromatic rings. The molecule has 6 heteroatoms. The molecule has 0 heterocycles. The summed E-state index contributed by atoms with van der Waals surface area (Å²) in [5.74, 6) is -1.54. The fourth-order valence-electron chi connectivity index (χ4n) is 2.22. The van der Waals surface area contributed by atoms with Crippen molar-refractivity contribution in [3.8, 4) is 0 Å². The second kappa shape index (κ2) is 7.69. The zero-order chi connectivity index (χ0) is 16.8. The van der Waals surface area contributed by atoms with Gasteiger partial charge in [-0.25, -0.2) is 13.6 Å². The number of carbonyl (C=O) groups excluding carboxylic acids is 1. The topological polar surface area (TPSA) is 61.4 Å². The Morgan fingerprint density at radius 3 is 2.35 bits per heavy atom. The number of benzene rings is 2. The number of halogens is 2. The summed E-state index contributed by atoms with van der Waals surface area (Å²) in [6, 6.07) is 10.9. The van der Waals surface area contributed by atoms with Crippen LogP contribution in [0.5, 0.6) is 0 Å². The first-order valence-electron chi connectivity index (χ1n) is 7.20. The predicted octanol–water partition coefficient (Wildman–Crippen LogP) is 3.60. The van der Waals surface area contributed by atoms with Crippen LogP contribution in [0.25, 0.3) is 0 Å². The zero-order valence-electron chi connectivity index (χ0n) is 12.6. The van der Waals surface area contributed by atoms with Gasteiger partial charge in [0.15, 0.2) is 0 Å². The van der Waals surface area contributed by atoms with Gasteiger partial charge in [-0.1, -0.05) is 30.3 Å². The average molecular weight is 320 g/mol. The fraction of sp³-hybridized carbons (Fsp3) is 0.235. The molecule has 3 N–H and O–H groups in total. The van der Waals surface area contributed by atoms with Gasteiger partial charge in [0, 0.05) is 17.8 Å². The van der Waals surface area contributed by atoms with Crippen molar-refractivity contribution in [2.45, 2.75) is 25.5 Å². The SMILES string of the molecule is CC(CC(O)c1ccccc1)NC(=O)Nc1cc(F)cc(F)c1. The molecule has 2 rings (SSSR count). The maximum Gasteiger partial charge on any atom is 0.319 e. The van der Waals surface area contributed by atoms with Crippen LogP contribution in [0.4, 0.5) is 19.3 Å². The van der Waals surface area contributed by atoms with E-state index < -0.39 is 23.8 Å². The van der Waals surface area contributed by atoms with Gasteiger partial charge in [-0.05, 0) is 31.0 Å². The van der Waals surface area contributed by atoms with Crippen LogP contribution in [-0.4, -0.2) is 17.2 Å². The highest BCUT2D eigenvalue weighted by Crippen LogP contribution is 2.18. The number of aliphatic hydroxyl groups excluding tert-OH is 1. The number of nitrogens with one attached hydrogen (secondary N) is 2. The van der Waals surface area contributed by atoms with Crippen molar-refractivity contribution in [3.05, 3.63) is 65.7 Å². The summed E-state index contributed by atoms with van der Waals surface area (Å²) in [5.41, 5.74) is 0.782. The Bertz CT molecular complexity index is 645. The van der Waals surface area contributed by atoms with E-state index in [0.29, 0.717) is 6.42 Å². The molecule has 0 radical (unpaired) electrons. The first-order valence-corrected chi connectivity index (χ1v) is 7.20. The van der Waals surface area contributed by atoms with Crippen LogP contribution in [0, 0.1) is 11.6 Å². The van der Waals surface area contributed by atoms with Crippen molar-refractivity contribution in [2.24, 2.45) is 0 Å². The molecule has 0 aromatic heterocycles. The second-order valence-corrected chi connectivity index (χ2v) is 5.32. The summed E-state index contributed by atoms with van der Waals surface area (Å²) in [6.07, 6.45) is -0.396. The fourth-order valence-corrected chi connectivity index (χ4v) is 2.22. The molecule has 0 aliphatic carbocycles. The Kier molecular flexibility index (Phi) is 5.65. The Hall–Kier alpha value is -2.47. The molecule has 0 fully saturated rings. The van der Waals surface area contributed by atoms with Crippen LogP contribution in [-0.2, 0) is 0 Å². The van der Waals surface area contributed by atoms with E-state index in [9.17, 15) is 18.7 Å². The molecule has 122 valence electrons. The first-order chi connectivity index (χ1) is 10.9. The van der Waals surface area contributed by atoms with Crippen LogP contribution in [0.2, 0.25) is 0 Å². The van der Waals surface area contributed by atoms with E-state index in [1.807, 2.05) is 18.2 Å². The summed E-state index contributed by atoms with van der Waals surface area (Å²) in [5, 5.41) is 15.1. The maximum absolute atomic E-state index is 13.1. The lowest BCUT2D eigenvalue weighted by Crippen LogP contribution is -2.37. The van der Waals surface area contributed by atoms with Gasteiger partial charge in [0.25, 0.3) is 0 Å². The highest BCUT2D eigenvalue weighted by atomic mass is 19.1. The van der Waals surface area contributed by atoms with Gasteiger partial charge < -0.3 is 15.7 Å². The van der Waals surface area contributed by atoms with Crippen LogP contribution in [0.15, 0.2) is 48.5 Å². The Balaban J connectivity index is 1.87. The van der Waals surface area contributed by atoms with Crippen LogP contribution >= 0.6 is 0 Å². The number of rotatable bonds is 5. The Morgan fingerprint density at radius 2 is 1.74 bits per heavy atom. The molecule has 0 saturated heterocycles. The summed E-state index contributed by atoms with van der Waals surface area (Å²) in [4.78, 5) is 11.8. The number of hydrogen-bond donors (Lipinski definition) is 3. The number of urea groups is 1. The van der Waals surface area contributed by atoms with E-state index in [1.54, 1.807) is 19.1 Å². The molecule has 0 bridgehead atoms. The molecule has 0 spiro atoms. The van der Waals surface area contributed by atoms with Crippen LogP contribution < -0.4 is 10.6 Å². The van der Waals surface area contributed by atoms with Gasteiger partial charge in [-0.3, -0.25) is 0 Å². The largest absolute Gasteiger partial charge is 0.388 e. The van der Waals surface area contributed by atoms with Crippen molar-refractivity contribution in [1.29, 1.82) is 0 Å². The van der Waals surface area contributed by atoms with Crippen LogP contribution in [0.3, 0.4) is 0 Å². The van der Waals surface area contributed by atoms with E-state index in [0.717, 1.165) is 23.8 Å². The van der Waals surface area contributed by atoms with Crippen LogP contribution in [0.1, 0.15) is 25.0 Å². The standard InChI is InChI=1S/C17H18F2N2O2/c1-11(7-16(22)12-5-3-2-4-6-12)20-17(23)21-15-9-13(18)8-14(19)10-15/h2-6,8-11,16,22H,7H2,1H3,(H2,20,21,23). The summed E-state index contributed by atoms with van der Waals surface area (Å²) < 4.78 is 26.1. The smallest absolute Gasteiger partial charge is 0.319 e. The molecule has 4 nitrogen and oxygen atoms in total. The zero-order valence-corrected chi connectivity index (χ0v) is 12.6. The molecule has 2 aromatic carbocycles. The van der Waals surface area contributed by atoms with Gasteiger partial charge in [0.2, 0.25) is 0 Å². The van der Waals surface area contributed by atoms with Gasteiger partial charge in [0.05, 0.1) is 6.10 Å². The Morgan fingerprint density at radius 1 is 1.13 bits per heavy atom. The van der Waals surface area contributed by atoms with E-state index in [2.05, 4.69) is 10.6 Å². The van der Waals surface area contributed by atoms with E-state index in [-0.39, 0.29) is 11.7 Å². The number of amides is 2. The number of carbonyl (C=O) groups is 1. The van der Waals surface area contributed by atoms with Gasteiger partial charge in [-0.2, -0.15) is 0 Å². The van der Waals surface area contributed by atoms with Crippen molar-refractivity contribution in [2.75, 3.05) is 5.32 Å². The molecular formula is C17H18F2N2O2. The summed E-state index contributed by atoms with van der Waals surface area (Å²) >= 11 is 0. The maximum atomic E-state index is 13.1. The third-order valence-corrected chi connectivity index (χ3v) is 3.26. The normalized spacial score (nSPS) is 13.2. The molecule has 23 heavy (non-hydrogen) atoms. The number of hydrogen-bond acceptors (Lipinski definition) is 2. The minimum atomic E-state index is -0.771. The molecule has 2 atom stereocenters. The molecule has 0 aliphatic heterocycles. The van der Waals surface area contributed by atoms with Crippen molar-refractivity contribution >= 4 is 11.7 Å². The first kappa shape index (κ1) is 16.9. The highest BCUT2D eigenvalue weighted by molar-refractivity contribution is 5.89. The summed E-state index contributed by atoms with van der Waals surface area (Å²) in [7, 11) is 0. The monoisotopic (exact) mass is 320 g/mol. The highest BCUT2D eigenvalue weighted by Gasteiger charge is 2.14.